The second-order valence-electron chi connectivity index (χ2n) is 6.45. The monoisotopic (exact) mass is 375 g/mol. The van der Waals surface area contributed by atoms with Crippen molar-refractivity contribution in [3.05, 3.63) is 40.0 Å². The minimum absolute atomic E-state index is 0.0567. The number of halogens is 1. The molecule has 0 aliphatic carbocycles. The quantitative estimate of drug-likeness (QED) is 0.646. The number of aliphatic hydroxyl groups excluding tert-OH is 1. The molecule has 25 heavy (non-hydrogen) atoms. The lowest BCUT2D eigenvalue weighted by Gasteiger charge is -2.18. The Balaban J connectivity index is 2.22. The SMILES string of the molecule is Cc1sc2nc(Cl)nc(N(C)CCO)c2c1-c1ccc(C(C)C)cc1. The molecule has 0 saturated heterocycles. The number of thiophene rings is 1. The van der Waals surface area contributed by atoms with E-state index in [0.717, 1.165) is 27.2 Å². The first-order valence-corrected chi connectivity index (χ1v) is 9.50. The van der Waals surface area contributed by atoms with Crippen LogP contribution in [0, 0.1) is 6.92 Å². The summed E-state index contributed by atoms with van der Waals surface area (Å²) in [7, 11) is 1.91. The van der Waals surface area contributed by atoms with E-state index in [4.69, 9.17) is 11.6 Å². The number of aliphatic hydroxyl groups is 1. The number of aromatic nitrogens is 2. The zero-order valence-corrected chi connectivity index (χ0v) is 16.4. The Morgan fingerprint density at radius 3 is 2.48 bits per heavy atom. The molecule has 0 radical (unpaired) electrons. The van der Waals surface area contributed by atoms with Gasteiger partial charge in [-0.15, -0.1) is 11.3 Å². The van der Waals surface area contributed by atoms with Gasteiger partial charge in [-0.2, -0.15) is 4.98 Å². The van der Waals surface area contributed by atoms with Crippen LogP contribution in [0.2, 0.25) is 5.28 Å². The van der Waals surface area contributed by atoms with Crippen LogP contribution < -0.4 is 4.90 Å². The first-order chi connectivity index (χ1) is 11.9. The molecular formula is C19H22ClN3OS. The van der Waals surface area contributed by atoms with Crippen LogP contribution in [-0.4, -0.2) is 35.3 Å². The van der Waals surface area contributed by atoms with Crippen molar-refractivity contribution in [1.82, 2.24) is 9.97 Å². The second-order valence-corrected chi connectivity index (χ2v) is 7.99. The fourth-order valence-electron chi connectivity index (χ4n) is 2.98. The Bertz CT molecular complexity index is 890. The van der Waals surface area contributed by atoms with Crippen LogP contribution >= 0.6 is 22.9 Å². The molecule has 0 saturated carbocycles. The van der Waals surface area contributed by atoms with Crippen LogP contribution in [0.15, 0.2) is 24.3 Å². The smallest absolute Gasteiger partial charge is 0.225 e. The molecule has 0 atom stereocenters. The normalized spacial score (nSPS) is 11.5. The third kappa shape index (κ3) is 3.50. The molecule has 0 spiro atoms. The van der Waals surface area contributed by atoms with Gasteiger partial charge in [0.25, 0.3) is 0 Å². The van der Waals surface area contributed by atoms with Gasteiger partial charge in [-0.1, -0.05) is 38.1 Å². The molecule has 1 aromatic carbocycles. The molecule has 0 bridgehead atoms. The largest absolute Gasteiger partial charge is 0.395 e. The minimum Gasteiger partial charge on any atom is -0.395 e. The number of benzene rings is 1. The number of fused-ring (bicyclic) bond motifs is 1. The first-order valence-electron chi connectivity index (χ1n) is 8.31. The molecule has 6 heteroatoms. The van der Waals surface area contributed by atoms with E-state index >= 15 is 0 Å². The summed E-state index contributed by atoms with van der Waals surface area (Å²) in [6.07, 6.45) is 0. The van der Waals surface area contributed by atoms with E-state index in [9.17, 15) is 5.11 Å². The summed E-state index contributed by atoms with van der Waals surface area (Å²) >= 11 is 7.75. The van der Waals surface area contributed by atoms with Gasteiger partial charge >= 0.3 is 0 Å². The van der Waals surface area contributed by atoms with Gasteiger partial charge < -0.3 is 10.0 Å². The Hall–Kier alpha value is -1.69. The Kier molecular flexibility index (Phi) is 5.27. The van der Waals surface area contributed by atoms with Crippen molar-refractivity contribution >= 4 is 39.0 Å². The maximum Gasteiger partial charge on any atom is 0.225 e. The number of rotatable bonds is 5. The lowest BCUT2D eigenvalue weighted by Crippen LogP contribution is -2.22. The van der Waals surface area contributed by atoms with Crippen molar-refractivity contribution in [3.8, 4) is 11.1 Å². The van der Waals surface area contributed by atoms with Crippen LogP contribution in [0.25, 0.3) is 21.3 Å². The van der Waals surface area contributed by atoms with E-state index in [-0.39, 0.29) is 11.9 Å². The molecule has 132 valence electrons. The fraction of sp³-hybridized carbons (Fsp3) is 0.368. The molecule has 2 heterocycles. The summed E-state index contributed by atoms with van der Waals surface area (Å²) in [6, 6.07) is 8.68. The number of nitrogens with zero attached hydrogens (tertiary/aromatic N) is 3. The predicted octanol–water partition coefficient (Wildman–Crippen LogP) is 4.87. The molecule has 2 aromatic heterocycles. The van der Waals surface area contributed by atoms with Crippen LogP contribution in [0.3, 0.4) is 0 Å². The molecule has 4 nitrogen and oxygen atoms in total. The summed E-state index contributed by atoms with van der Waals surface area (Å²) < 4.78 is 0. The van der Waals surface area contributed by atoms with Crippen LogP contribution in [-0.2, 0) is 0 Å². The summed E-state index contributed by atoms with van der Waals surface area (Å²) in [5.74, 6) is 1.26. The maximum absolute atomic E-state index is 9.30. The highest BCUT2D eigenvalue weighted by molar-refractivity contribution is 7.19. The zero-order valence-electron chi connectivity index (χ0n) is 14.9. The summed E-state index contributed by atoms with van der Waals surface area (Å²) in [5, 5.41) is 10.5. The predicted molar refractivity (Wildman–Crippen MR) is 107 cm³/mol. The summed E-state index contributed by atoms with van der Waals surface area (Å²) in [5.41, 5.74) is 3.61. The third-order valence-electron chi connectivity index (χ3n) is 4.34. The third-order valence-corrected chi connectivity index (χ3v) is 5.51. The van der Waals surface area contributed by atoms with Crippen molar-refractivity contribution in [2.75, 3.05) is 25.1 Å². The van der Waals surface area contributed by atoms with Crippen molar-refractivity contribution < 1.29 is 5.11 Å². The van der Waals surface area contributed by atoms with Gasteiger partial charge in [0, 0.05) is 24.0 Å². The van der Waals surface area contributed by atoms with Crippen molar-refractivity contribution in [1.29, 1.82) is 0 Å². The lowest BCUT2D eigenvalue weighted by molar-refractivity contribution is 0.304. The number of hydrogen-bond donors (Lipinski definition) is 1. The summed E-state index contributed by atoms with van der Waals surface area (Å²) in [4.78, 5) is 12.8. The Morgan fingerprint density at radius 1 is 1.20 bits per heavy atom. The fourth-order valence-corrected chi connectivity index (χ4v) is 4.24. The summed E-state index contributed by atoms with van der Waals surface area (Å²) in [6.45, 7) is 7.03. The minimum atomic E-state index is 0.0567. The van der Waals surface area contributed by atoms with Gasteiger partial charge in [-0.05, 0) is 35.6 Å². The van der Waals surface area contributed by atoms with E-state index in [1.165, 1.54) is 10.4 Å². The molecule has 3 rings (SSSR count). The second kappa shape index (κ2) is 7.28. The highest BCUT2D eigenvalue weighted by atomic mass is 35.5. The van der Waals surface area contributed by atoms with Crippen LogP contribution in [0.4, 0.5) is 5.82 Å². The van der Waals surface area contributed by atoms with E-state index in [1.54, 1.807) is 11.3 Å². The van der Waals surface area contributed by atoms with Crippen molar-refractivity contribution in [3.63, 3.8) is 0 Å². The molecular weight excluding hydrogens is 354 g/mol. The molecule has 0 aliphatic heterocycles. The van der Waals surface area contributed by atoms with Gasteiger partial charge in [0.2, 0.25) is 5.28 Å². The Morgan fingerprint density at radius 2 is 1.88 bits per heavy atom. The molecule has 0 amide bonds. The zero-order chi connectivity index (χ0) is 18.1. The number of anilines is 1. The van der Waals surface area contributed by atoms with E-state index < -0.39 is 0 Å². The molecule has 0 fully saturated rings. The molecule has 0 aliphatic rings. The van der Waals surface area contributed by atoms with Gasteiger partial charge in [0.1, 0.15) is 10.6 Å². The van der Waals surface area contributed by atoms with E-state index in [1.807, 2.05) is 11.9 Å². The van der Waals surface area contributed by atoms with Gasteiger partial charge in [-0.3, -0.25) is 0 Å². The lowest BCUT2D eigenvalue weighted by atomic mass is 9.98. The van der Waals surface area contributed by atoms with Crippen molar-refractivity contribution in [2.45, 2.75) is 26.7 Å². The molecule has 1 N–H and O–H groups in total. The highest BCUT2D eigenvalue weighted by Gasteiger charge is 2.20. The first kappa shape index (κ1) is 18.1. The topological polar surface area (TPSA) is 49.2 Å². The number of likely N-dealkylation sites (N-methyl/N-ethyl adjacent to an activating group) is 1. The molecule has 3 aromatic rings. The number of aryl methyl sites for hydroxylation is 1. The van der Waals surface area contributed by atoms with E-state index in [0.29, 0.717) is 12.5 Å². The van der Waals surface area contributed by atoms with Gasteiger partial charge in [-0.25, -0.2) is 4.98 Å². The van der Waals surface area contributed by atoms with Crippen LogP contribution in [0.5, 0.6) is 0 Å². The molecule has 0 unspecified atom stereocenters. The van der Waals surface area contributed by atoms with Crippen LogP contribution in [0.1, 0.15) is 30.2 Å². The average Bonchev–Trinajstić information content (AvgIpc) is 2.89. The van der Waals surface area contributed by atoms with Crippen molar-refractivity contribution in [2.24, 2.45) is 0 Å². The van der Waals surface area contributed by atoms with Gasteiger partial charge in [0.15, 0.2) is 0 Å². The maximum atomic E-state index is 9.30. The standard InChI is InChI=1S/C19H22ClN3OS/c1-11(2)13-5-7-14(8-6-13)15-12(3)25-18-16(15)17(21-19(20)22-18)23(4)9-10-24/h5-8,11,24H,9-10H2,1-4H3. The van der Waals surface area contributed by atoms with E-state index in [2.05, 4.69) is 55.0 Å². The average molecular weight is 376 g/mol. The Labute approximate surface area is 157 Å². The highest BCUT2D eigenvalue weighted by Crippen LogP contribution is 2.42. The number of hydrogen-bond acceptors (Lipinski definition) is 5. The van der Waals surface area contributed by atoms with Gasteiger partial charge in [0.05, 0.1) is 12.0 Å².